The van der Waals surface area contributed by atoms with Gasteiger partial charge in [-0.3, -0.25) is 9.59 Å². The first-order valence-corrected chi connectivity index (χ1v) is 9.21. The molecule has 2 aromatic carbocycles. The molecule has 1 fully saturated rings. The van der Waals surface area contributed by atoms with Crippen molar-refractivity contribution in [2.24, 2.45) is 0 Å². The summed E-state index contributed by atoms with van der Waals surface area (Å²) >= 11 is 5.84. The predicted octanol–water partition coefficient (Wildman–Crippen LogP) is 3.25. The summed E-state index contributed by atoms with van der Waals surface area (Å²) in [5.74, 6) is -0.151. The second-order valence-corrected chi connectivity index (χ2v) is 6.78. The highest BCUT2D eigenvalue weighted by Crippen LogP contribution is 2.17. The van der Waals surface area contributed by atoms with Gasteiger partial charge in [-0.05, 0) is 55.5 Å². The molecule has 0 bridgehead atoms. The summed E-state index contributed by atoms with van der Waals surface area (Å²) in [5, 5.41) is 6.62. The van der Waals surface area contributed by atoms with Gasteiger partial charge in [-0.15, -0.1) is 0 Å². The maximum Gasteiger partial charge on any atom is 0.255 e. The highest BCUT2D eigenvalue weighted by Gasteiger charge is 2.22. The molecule has 1 aliphatic heterocycles. The van der Waals surface area contributed by atoms with E-state index in [1.807, 2.05) is 24.0 Å². The van der Waals surface area contributed by atoms with Crippen molar-refractivity contribution >= 4 is 34.8 Å². The first-order chi connectivity index (χ1) is 13.0. The molecule has 6 nitrogen and oxygen atoms in total. The molecule has 2 amide bonds. The molecule has 0 aliphatic carbocycles. The number of rotatable bonds is 5. The molecule has 142 valence electrons. The predicted molar refractivity (Wildman–Crippen MR) is 106 cm³/mol. The van der Waals surface area contributed by atoms with E-state index in [4.69, 9.17) is 16.3 Å². The molecule has 1 atom stereocenters. The van der Waals surface area contributed by atoms with Crippen LogP contribution in [0.2, 0.25) is 5.02 Å². The number of carbonyl (C=O) groups excluding carboxylic acids is 2. The number of benzene rings is 2. The minimum Gasteiger partial charge on any atom is -0.378 e. The molecule has 0 saturated carbocycles. The third-order valence-corrected chi connectivity index (χ3v) is 4.58. The number of anilines is 2. The average molecular weight is 388 g/mol. The Bertz CT molecular complexity index is 787. The first kappa shape index (κ1) is 19.2. The minimum atomic E-state index is -0.336. The van der Waals surface area contributed by atoms with Crippen LogP contribution in [0.3, 0.4) is 0 Å². The van der Waals surface area contributed by atoms with E-state index in [0.717, 1.165) is 5.69 Å². The molecule has 1 saturated heterocycles. The second kappa shape index (κ2) is 8.88. The number of halogens is 1. The molecule has 0 spiro atoms. The van der Waals surface area contributed by atoms with Crippen molar-refractivity contribution in [3.63, 3.8) is 0 Å². The van der Waals surface area contributed by atoms with Crippen LogP contribution >= 0.6 is 11.6 Å². The average Bonchev–Trinajstić information content (AvgIpc) is 2.70. The third kappa shape index (κ3) is 5.21. The van der Waals surface area contributed by atoms with E-state index >= 15 is 0 Å². The molecule has 27 heavy (non-hydrogen) atoms. The Morgan fingerprint density at radius 3 is 2.22 bits per heavy atom. The van der Waals surface area contributed by atoms with E-state index in [9.17, 15) is 9.59 Å². The standard InChI is InChI=1S/C20H22ClN3O3/c1-14(20(26)24-10-12-27-13-11-24)22-17-6-8-18(9-7-17)23-19(25)15-2-4-16(21)5-3-15/h2-9,14,22H,10-13H2,1H3,(H,23,25). The fourth-order valence-electron chi connectivity index (χ4n) is 2.82. The van der Waals surface area contributed by atoms with Gasteiger partial charge in [0, 0.05) is 35.1 Å². The Hall–Kier alpha value is -2.57. The van der Waals surface area contributed by atoms with Gasteiger partial charge in [0.15, 0.2) is 0 Å². The van der Waals surface area contributed by atoms with Gasteiger partial charge < -0.3 is 20.3 Å². The SMILES string of the molecule is CC(Nc1ccc(NC(=O)c2ccc(Cl)cc2)cc1)C(=O)N1CCOCC1. The van der Waals surface area contributed by atoms with Gasteiger partial charge in [0.1, 0.15) is 6.04 Å². The summed E-state index contributed by atoms with van der Waals surface area (Å²) in [6, 6.07) is 13.6. The molecule has 0 aromatic heterocycles. The van der Waals surface area contributed by atoms with Crippen molar-refractivity contribution in [1.29, 1.82) is 0 Å². The van der Waals surface area contributed by atoms with Crippen LogP contribution in [0.5, 0.6) is 0 Å². The number of amides is 2. The smallest absolute Gasteiger partial charge is 0.255 e. The summed E-state index contributed by atoms with van der Waals surface area (Å²) in [7, 11) is 0. The van der Waals surface area contributed by atoms with Gasteiger partial charge in [0.05, 0.1) is 13.2 Å². The highest BCUT2D eigenvalue weighted by molar-refractivity contribution is 6.30. The first-order valence-electron chi connectivity index (χ1n) is 8.83. The summed E-state index contributed by atoms with van der Waals surface area (Å²) in [5.41, 5.74) is 2.02. The summed E-state index contributed by atoms with van der Waals surface area (Å²) < 4.78 is 5.28. The van der Waals surface area contributed by atoms with E-state index in [2.05, 4.69) is 10.6 Å². The van der Waals surface area contributed by atoms with Crippen LogP contribution in [-0.2, 0) is 9.53 Å². The minimum absolute atomic E-state index is 0.0541. The Balaban J connectivity index is 1.55. The van der Waals surface area contributed by atoms with Crippen LogP contribution < -0.4 is 10.6 Å². The quantitative estimate of drug-likeness (QED) is 0.826. The lowest BCUT2D eigenvalue weighted by molar-refractivity contribution is -0.135. The van der Waals surface area contributed by atoms with Crippen LogP contribution in [0.1, 0.15) is 17.3 Å². The molecule has 3 rings (SSSR count). The van der Waals surface area contributed by atoms with Crippen LogP contribution in [0.15, 0.2) is 48.5 Å². The van der Waals surface area contributed by atoms with Crippen LogP contribution in [0, 0.1) is 0 Å². The number of nitrogens with one attached hydrogen (secondary N) is 2. The van der Waals surface area contributed by atoms with E-state index in [0.29, 0.717) is 42.6 Å². The fraction of sp³-hybridized carbons (Fsp3) is 0.300. The zero-order valence-corrected chi connectivity index (χ0v) is 15.8. The lowest BCUT2D eigenvalue weighted by atomic mass is 10.2. The number of ether oxygens (including phenoxy) is 1. The maximum absolute atomic E-state index is 12.4. The van der Waals surface area contributed by atoms with E-state index in [-0.39, 0.29) is 17.9 Å². The number of carbonyl (C=O) groups is 2. The van der Waals surface area contributed by atoms with Gasteiger partial charge in [-0.1, -0.05) is 11.6 Å². The summed E-state index contributed by atoms with van der Waals surface area (Å²) in [6.07, 6.45) is 0. The van der Waals surface area contributed by atoms with E-state index in [1.165, 1.54) is 0 Å². The van der Waals surface area contributed by atoms with E-state index in [1.54, 1.807) is 36.4 Å². The van der Waals surface area contributed by atoms with Crippen molar-refractivity contribution in [2.45, 2.75) is 13.0 Å². The van der Waals surface area contributed by atoms with Gasteiger partial charge in [-0.2, -0.15) is 0 Å². The van der Waals surface area contributed by atoms with Crippen LogP contribution in [0.4, 0.5) is 11.4 Å². The molecule has 2 aromatic rings. The lowest BCUT2D eigenvalue weighted by Gasteiger charge is -2.29. The summed E-state index contributed by atoms with van der Waals surface area (Å²) in [6.45, 7) is 4.26. The van der Waals surface area contributed by atoms with Crippen LogP contribution in [-0.4, -0.2) is 49.1 Å². The second-order valence-electron chi connectivity index (χ2n) is 6.34. The van der Waals surface area contributed by atoms with Gasteiger partial charge in [-0.25, -0.2) is 0 Å². The van der Waals surface area contributed by atoms with Crippen molar-refractivity contribution in [3.8, 4) is 0 Å². The zero-order valence-electron chi connectivity index (χ0n) is 15.1. The monoisotopic (exact) mass is 387 g/mol. The highest BCUT2D eigenvalue weighted by atomic mass is 35.5. The zero-order chi connectivity index (χ0) is 19.2. The van der Waals surface area contributed by atoms with Gasteiger partial charge >= 0.3 is 0 Å². The molecule has 1 aliphatic rings. The van der Waals surface area contributed by atoms with Crippen molar-refractivity contribution < 1.29 is 14.3 Å². The normalized spacial score (nSPS) is 15.1. The Morgan fingerprint density at radius 2 is 1.59 bits per heavy atom. The van der Waals surface area contributed by atoms with Gasteiger partial charge in [0.25, 0.3) is 5.91 Å². The molecular formula is C20H22ClN3O3. The van der Waals surface area contributed by atoms with E-state index < -0.39 is 0 Å². The number of hydrogen-bond acceptors (Lipinski definition) is 4. The lowest BCUT2D eigenvalue weighted by Crippen LogP contribution is -2.46. The maximum atomic E-state index is 12.4. The Kier molecular flexibility index (Phi) is 6.32. The van der Waals surface area contributed by atoms with Crippen LogP contribution in [0.25, 0.3) is 0 Å². The van der Waals surface area contributed by atoms with Crippen molar-refractivity contribution in [3.05, 3.63) is 59.1 Å². The topological polar surface area (TPSA) is 70.7 Å². The molecule has 1 heterocycles. The van der Waals surface area contributed by atoms with Gasteiger partial charge in [0.2, 0.25) is 5.91 Å². The molecule has 7 heteroatoms. The molecule has 2 N–H and O–H groups in total. The fourth-order valence-corrected chi connectivity index (χ4v) is 2.95. The Labute approximate surface area is 163 Å². The van der Waals surface area contributed by atoms with Crippen molar-refractivity contribution in [1.82, 2.24) is 4.90 Å². The number of hydrogen-bond donors (Lipinski definition) is 2. The third-order valence-electron chi connectivity index (χ3n) is 4.33. The van der Waals surface area contributed by atoms with Crippen molar-refractivity contribution in [2.75, 3.05) is 36.9 Å². The number of morpholine rings is 1. The Morgan fingerprint density at radius 1 is 1.00 bits per heavy atom. The largest absolute Gasteiger partial charge is 0.378 e. The molecule has 0 radical (unpaired) electrons. The number of nitrogens with zero attached hydrogens (tertiary/aromatic N) is 1. The molecule has 1 unspecified atom stereocenters. The molecular weight excluding hydrogens is 366 g/mol. The summed E-state index contributed by atoms with van der Waals surface area (Å²) in [4.78, 5) is 26.5.